The molecule has 2 aromatic rings. The Bertz CT molecular complexity index is 566. The van der Waals surface area contributed by atoms with Crippen LogP contribution in [0.5, 0.6) is 0 Å². The van der Waals surface area contributed by atoms with Gasteiger partial charge in [-0.05, 0) is 22.2 Å². The zero-order valence-electron chi connectivity index (χ0n) is 8.88. The number of alkyl halides is 3. The van der Waals surface area contributed by atoms with E-state index < -0.39 is 17.8 Å². The van der Waals surface area contributed by atoms with E-state index in [4.69, 9.17) is 5.73 Å². The van der Waals surface area contributed by atoms with E-state index in [2.05, 4.69) is 25.5 Å². The number of nitrogens with two attached hydrogens (primary N) is 1. The molecule has 0 aromatic carbocycles. The number of hydrogen-bond acceptors (Lipinski definition) is 7. The van der Waals surface area contributed by atoms with E-state index in [0.717, 1.165) is 17.8 Å². The highest BCUT2D eigenvalue weighted by molar-refractivity contribution is 7.99. The van der Waals surface area contributed by atoms with Gasteiger partial charge < -0.3 is 5.73 Å². The topological polar surface area (TPSA) is 95.4 Å². The Morgan fingerprint density at radius 3 is 2.61 bits per heavy atom. The van der Waals surface area contributed by atoms with Crippen molar-refractivity contribution in [2.24, 2.45) is 7.05 Å². The predicted octanol–water partition coefficient (Wildman–Crippen LogP) is 0.752. The Hall–Kier alpha value is -1.91. The molecule has 2 heterocycles. The summed E-state index contributed by atoms with van der Waals surface area (Å²) in [6.07, 6.45) is -4.58. The van der Waals surface area contributed by atoms with E-state index >= 15 is 0 Å². The Morgan fingerprint density at radius 1 is 1.33 bits per heavy atom. The molecule has 96 valence electrons. The molecule has 0 spiro atoms. The summed E-state index contributed by atoms with van der Waals surface area (Å²) in [5.74, 6) is -0.456. The lowest BCUT2D eigenvalue weighted by atomic mass is 10.4. The molecule has 0 bridgehead atoms. The number of aromatic nitrogens is 6. The molecule has 0 saturated carbocycles. The molecule has 0 radical (unpaired) electrons. The average Bonchev–Trinajstić information content (AvgIpc) is 2.62. The van der Waals surface area contributed by atoms with Crippen molar-refractivity contribution in [3.8, 4) is 0 Å². The van der Waals surface area contributed by atoms with E-state index in [0.29, 0.717) is 5.16 Å². The molecule has 0 aliphatic rings. The van der Waals surface area contributed by atoms with E-state index in [1.807, 2.05) is 0 Å². The van der Waals surface area contributed by atoms with Crippen molar-refractivity contribution >= 4 is 17.7 Å². The number of halogens is 3. The van der Waals surface area contributed by atoms with Crippen LogP contribution in [0.25, 0.3) is 0 Å². The van der Waals surface area contributed by atoms with Gasteiger partial charge >= 0.3 is 6.18 Å². The lowest BCUT2D eigenvalue weighted by Gasteiger charge is -2.07. The third kappa shape index (κ3) is 2.67. The van der Waals surface area contributed by atoms with Crippen LogP contribution in [0.2, 0.25) is 0 Å². The second-order valence-electron chi connectivity index (χ2n) is 3.13. The minimum atomic E-state index is -4.58. The van der Waals surface area contributed by atoms with E-state index in [1.165, 1.54) is 4.68 Å². The van der Waals surface area contributed by atoms with Crippen LogP contribution in [0, 0.1) is 0 Å². The molecule has 2 N–H and O–H groups in total. The van der Waals surface area contributed by atoms with Crippen molar-refractivity contribution in [3.05, 3.63) is 11.8 Å². The minimum Gasteiger partial charge on any atom is -0.368 e. The molecule has 2 rings (SSSR count). The van der Waals surface area contributed by atoms with Crippen molar-refractivity contribution in [2.75, 3.05) is 5.73 Å². The van der Waals surface area contributed by atoms with Crippen LogP contribution in [0.1, 0.15) is 5.69 Å². The molecule has 0 unspecified atom stereocenters. The average molecular weight is 277 g/mol. The number of tetrazole rings is 1. The Labute approximate surface area is 103 Å². The third-order valence-electron chi connectivity index (χ3n) is 1.79. The maximum atomic E-state index is 12.5. The van der Waals surface area contributed by atoms with Crippen LogP contribution >= 0.6 is 11.8 Å². The predicted molar refractivity (Wildman–Crippen MR) is 54.4 cm³/mol. The number of hydrogen-bond donors (Lipinski definition) is 1. The van der Waals surface area contributed by atoms with Crippen LogP contribution < -0.4 is 5.73 Å². The largest absolute Gasteiger partial charge is 0.433 e. The third-order valence-corrected chi connectivity index (χ3v) is 2.73. The van der Waals surface area contributed by atoms with Gasteiger partial charge in [0.05, 0.1) is 0 Å². The van der Waals surface area contributed by atoms with Gasteiger partial charge in [-0.2, -0.15) is 13.2 Å². The van der Waals surface area contributed by atoms with Crippen LogP contribution in [-0.4, -0.2) is 30.2 Å². The summed E-state index contributed by atoms with van der Waals surface area (Å²) >= 11 is 0.861. The molecule has 0 aliphatic heterocycles. The van der Waals surface area contributed by atoms with Crippen molar-refractivity contribution in [3.63, 3.8) is 0 Å². The first-order valence-corrected chi connectivity index (χ1v) is 5.30. The monoisotopic (exact) mass is 277 g/mol. The van der Waals surface area contributed by atoms with Gasteiger partial charge in [-0.25, -0.2) is 14.6 Å². The molecule has 0 aliphatic carbocycles. The summed E-state index contributed by atoms with van der Waals surface area (Å²) in [5, 5.41) is 10.8. The standard InChI is InChI=1S/C7H6F3N7S/c1-17-6(14-15-16-17)18-4-2-3(7(8,9)10)12-5(11)13-4/h2H,1H3,(H2,11,12,13). The molecule has 11 heteroatoms. The summed E-state index contributed by atoms with van der Waals surface area (Å²) in [5.41, 5.74) is 4.13. The summed E-state index contributed by atoms with van der Waals surface area (Å²) in [7, 11) is 1.55. The van der Waals surface area contributed by atoms with Gasteiger partial charge in [0.25, 0.3) is 0 Å². The molecule has 2 aromatic heterocycles. The first kappa shape index (κ1) is 12.5. The number of anilines is 1. The van der Waals surface area contributed by atoms with Gasteiger partial charge in [-0.1, -0.05) is 0 Å². The van der Waals surface area contributed by atoms with Gasteiger partial charge in [0.1, 0.15) is 5.03 Å². The fraction of sp³-hybridized carbons (Fsp3) is 0.286. The van der Waals surface area contributed by atoms with Crippen LogP contribution in [0.4, 0.5) is 19.1 Å². The Balaban J connectivity index is 2.35. The summed E-state index contributed by atoms with van der Waals surface area (Å²) in [6.45, 7) is 0. The minimum absolute atomic E-state index is 0.0210. The smallest absolute Gasteiger partial charge is 0.368 e. The number of nitrogen functional groups attached to an aromatic ring is 1. The van der Waals surface area contributed by atoms with Gasteiger partial charge in [0.15, 0.2) is 5.69 Å². The molecule has 0 saturated heterocycles. The van der Waals surface area contributed by atoms with E-state index in [-0.39, 0.29) is 5.03 Å². The molecule has 0 amide bonds. The van der Waals surface area contributed by atoms with Crippen LogP contribution in [0.3, 0.4) is 0 Å². The maximum Gasteiger partial charge on any atom is 0.433 e. The van der Waals surface area contributed by atoms with Crippen molar-refractivity contribution in [1.29, 1.82) is 0 Å². The van der Waals surface area contributed by atoms with Gasteiger partial charge in [0, 0.05) is 13.1 Å². The highest BCUT2D eigenvalue weighted by atomic mass is 32.2. The fourth-order valence-electron chi connectivity index (χ4n) is 1.04. The second kappa shape index (κ2) is 4.40. The zero-order chi connectivity index (χ0) is 13.3. The fourth-order valence-corrected chi connectivity index (χ4v) is 1.78. The van der Waals surface area contributed by atoms with Crippen molar-refractivity contribution < 1.29 is 13.2 Å². The highest BCUT2D eigenvalue weighted by Crippen LogP contribution is 2.31. The number of aryl methyl sites for hydroxylation is 1. The van der Waals surface area contributed by atoms with Crippen LogP contribution in [-0.2, 0) is 13.2 Å². The van der Waals surface area contributed by atoms with Crippen LogP contribution in [0.15, 0.2) is 16.2 Å². The molecular formula is C7H6F3N7S. The summed E-state index contributed by atoms with van der Waals surface area (Å²) in [6, 6.07) is 0.787. The van der Waals surface area contributed by atoms with E-state index in [1.54, 1.807) is 7.05 Å². The van der Waals surface area contributed by atoms with Gasteiger partial charge in [-0.3, -0.25) is 0 Å². The zero-order valence-corrected chi connectivity index (χ0v) is 9.70. The molecule has 0 fully saturated rings. The second-order valence-corrected chi connectivity index (χ2v) is 4.12. The van der Waals surface area contributed by atoms with Gasteiger partial charge in [-0.15, -0.1) is 5.10 Å². The first-order valence-electron chi connectivity index (χ1n) is 4.48. The molecule has 0 atom stereocenters. The molecular weight excluding hydrogens is 271 g/mol. The Morgan fingerprint density at radius 2 is 2.06 bits per heavy atom. The summed E-state index contributed by atoms with van der Waals surface area (Å²) in [4.78, 5) is 6.81. The maximum absolute atomic E-state index is 12.5. The number of nitrogens with zero attached hydrogens (tertiary/aromatic N) is 6. The summed E-state index contributed by atoms with van der Waals surface area (Å²) < 4.78 is 38.8. The first-order chi connectivity index (χ1) is 8.36. The quantitative estimate of drug-likeness (QED) is 0.809. The molecule has 18 heavy (non-hydrogen) atoms. The van der Waals surface area contributed by atoms with E-state index in [9.17, 15) is 13.2 Å². The Kier molecular flexibility index (Phi) is 3.07. The van der Waals surface area contributed by atoms with Crippen molar-refractivity contribution in [1.82, 2.24) is 30.2 Å². The number of rotatable bonds is 2. The lowest BCUT2D eigenvalue weighted by Crippen LogP contribution is -2.11. The highest BCUT2D eigenvalue weighted by Gasteiger charge is 2.33. The van der Waals surface area contributed by atoms with Crippen molar-refractivity contribution in [2.45, 2.75) is 16.4 Å². The SMILES string of the molecule is Cn1nnnc1Sc1cc(C(F)(F)F)nc(N)n1. The lowest BCUT2D eigenvalue weighted by molar-refractivity contribution is -0.141. The van der Waals surface area contributed by atoms with Gasteiger partial charge in [0.2, 0.25) is 11.1 Å². The normalized spacial score (nSPS) is 11.8. The molecule has 7 nitrogen and oxygen atoms in total.